The molecule has 1 N–H and O–H groups in total. The minimum absolute atomic E-state index is 0.205. The first-order valence-corrected chi connectivity index (χ1v) is 7.06. The third-order valence-corrected chi connectivity index (χ3v) is 4.61. The van der Waals surface area contributed by atoms with E-state index >= 15 is 0 Å². The zero-order valence-corrected chi connectivity index (χ0v) is 11.1. The van der Waals surface area contributed by atoms with Crippen LogP contribution in [-0.2, 0) is 11.2 Å². The number of hydrogen-bond acceptors (Lipinski definition) is 2. The van der Waals surface area contributed by atoms with E-state index in [0.29, 0.717) is 5.25 Å². The van der Waals surface area contributed by atoms with Crippen molar-refractivity contribution < 1.29 is 9.90 Å². The van der Waals surface area contributed by atoms with Crippen molar-refractivity contribution in [1.82, 2.24) is 0 Å². The van der Waals surface area contributed by atoms with E-state index in [1.165, 1.54) is 28.7 Å². The number of aryl methyl sites for hydroxylation is 2. The van der Waals surface area contributed by atoms with E-state index in [1.807, 2.05) is 0 Å². The van der Waals surface area contributed by atoms with Crippen LogP contribution in [0.2, 0.25) is 0 Å². The van der Waals surface area contributed by atoms with Gasteiger partial charge in [-0.25, -0.2) is 0 Å². The molecule has 1 aliphatic carbocycles. The van der Waals surface area contributed by atoms with Crippen molar-refractivity contribution in [2.75, 3.05) is 5.75 Å². The Morgan fingerprint density at radius 2 is 2.24 bits per heavy atom. The quantitative estimate of drug-likeness (QED) is 0.892. The molecule has 0 spiro atoms. The van der Waals surface area contributed by atoms with Crippen LogP contribution in [0.1, 0.15) is 40.3 Å². The van der Waals surface area contributed by atoms with Gasteiger partial charge in [0.15, 0.2) is 0 Å². The summed E-state index contributed by atoms with van der Waals surface area (Å²) in [5.41, 5.74) is 5.47. The third kappa shape index (κ3) is 2.83. The van der Waals surface area contributed by atoms with Crippen LogP contribution in [0.4, 0.5) is 0 Å². The summed E-state index contributed by atoms with van der Waals surface area (Å²) in [6, 6.07) is 4.46. The van der Waals surface area contributed by atoms with Crippen molar-refractivity contribution in [3.63, 3.8) is 0 Å². The molecule has 92 valence electrons. The topological polar surface area (TPSA) is 37.3 Å². The van der Waals surface area contributed by atoms with Crippen molar-refractivity contribution in [2.45, 2.75) is 38.4 Å². The lowest BCUT2D eigenvalue weighted by Crippen LogP contribution is -2.11. The molecule has 0 radical (unpaired) electrons. The Morgan fingerprint density at radius 1 is 1.47 bits per heavy atom. The van der Waals surface area contributed by atoms with Crippen molar-refractivity contribution in [3.8, 4) is 0 Å². The van der Waals surface area contributed by atoms with Crippen LogP contribution in [0.25, 0.3) is 0 Å². The molecule has 1 aromatic rings. The van der Waals surface area contributed by atoms with Gasteiger partial charge in [0.1, 0.15) is 0 Å². The van der Waals surface area contributed by atoms with Gasteiger partial charge >= 0.3 is 5.97 Å². The number of thioether (sulfide) groups is 1. The summed E-state index contributed by atoms with van der Waals surface area (Å²) in [6.07, 6.45) is 3.42. The summed E-state index contributed by atoms with van der Waals surface area (Å²) in [5.74, 6) is -0.511. The smallest absolute Gasteiger partial charge is 0.313 e. The molecule has 1 unspecified atom stereocenters. The van der Waals surface area contributed by atoms with Crippen molar-refractivity contribution >= 4 is 17.7 Å². The minimum Gasteiger partial charge on any atom is -0.481 e. The van der Waals surface area contributed by atoms with Gasteiger partial charge in [0, 0.05) is 5.25 Å². The molecule has 0 saturated carbocycles. The zero-order chi connectivity index (χ0) is 12.4. The van der Waals surface area contributed by atoms with Crippen LogP contribution < -0.4 is 0 Å². The maximum absolute atomic E-state index is 10.7. The first kappa shape index (κ1) is 12.5. The minimum atomic E-state index is -0.716. The fraction of sp³-hybridized carbons (Fsp3) is 0.500. The molecule has 0 bridgehead atoms. The molecule has 0 aliphatic heterocycles. The van der Waals surface area contributed by atoms with Gasteiger partial charge in [0.2, 0.25) is 0 Å². The van der Waals surface area contributed by atoms with Crippen molar-refractivity contribution in [1.29, 1.82) is 0 Å². The average molecular weight is 250 g/mol. The highest BCUT2D eigenvalue weighted by molar-refractivity contribution is 8.00. The van der Waals surface area contributed by atoms with Crippen LogP contribution in [0.3, 0.4) is 0 Å². The summed E-state index contributed by atoms with van der Waals surface area (Å²) >= 11 is 1.57. The van der Waals surface area contributed by atoms with Crippen LogP contribution in [0, 0.1) is 13.8 Å². The zero-order valence-electron chi connectivity index (χ0n) is 10.3. The predicted octanol–water partition coefficient (Wildman–Crippen LogP) is 3.50. The molecule has 2 rings (SSSR count). The second kappa shape index (κ2) is 5.13. The Hall–Kier alpha value is -0.960. The maximum Gasteiger partial charge on any atom is 0.313 e. The highest BCUT2D eigenvalue weighted by atomic mass is 32.2. The van der Waals surface area contributed by atoms with Crippen LogP contribution in [0.15, 0.2) is 12.1 Å². The summed E-state index contributed by atoms with van der Waals surface area (Å²) in [6.45, 7) is 4.27. The highest BCUT2D eigenvalue weighted by Crippen LogP contribution is 2.41. The lowest BCUT2D eigenvalue weighted by atomic mass is 9.87. The fourth-order valence-electron chi connectivity index (χ4n) is 2.62. The highest BCUT2D eigenvalue weighted by Gasteiger charge is 2.22. The third-order valence-electron chi connectivity index (χ3n) is 3.30. The molecule has 0 aromatic heterocycles. The second-order valence-corrected chi connectivity index (χ2v) is 5.93. The standard InChI is InChI=1S/C14H18O2S/c1-9-6-10(2)11-4-3-5-13(12(11)7-9)17-8-14(15)16/h6-7,13H,3-5,8H2,1-2H3,(H,15,16). The Bertz CT molecular complexity index is 440. The molecule has 1 aromatic carbocycles. The number of carboxylic acids is 1. The van der Waals surface area contributed by atoms with Gasteiger partial charge in [-0.2, -0.15) is 0 Å². The van der Waals surface area contributed by atoms with Crippen LogP contribution in [-0.4, -0.2) is 16.8 Å². The Kier molecular flexibility index (Phi) is 3.77. The molecule has 2 nitrogen and oxygen atoms in total. The molecule has 0 amide bonds. The van der Waals surface area contributed by atoms with E-state index in [1.54, 1.807) is 11.8 Å². The number of carboxylic acid groups (broad SMARTS) is 1. The predicted molar refractivity (Wildman–Crippen MR) is 71.7 cm³/mol. The molecule has 1 aliphatic rings. The maximum atomic E-state index is 10.7. The Balaban J connectivity index is 2.27. The van der Waals surface area contributed by atoms with Gasteiger partial charge < -0.3 is 5.11 Å². The van der Waals surface area contributed by atoms with Gasteiger partial charge in [0.05, 0.1) is 5.75 Å². The lowest BCUT2D eigenvalue weighted by Gasteiger charge is -2.26. The molecular formula is C14H18O2S. The van der Waals surface area contributed by atoms with Crippen LogP contribution in [0.5, 0.6) is 0 Å². The molecular weight excluding hydrogens is 232 g/mol. The normalized spacial score (nSPS) is 18.8. The summed E-state index contributed by atoms with van der Waals surface area (Å²) in [4.78, 5) is 10.7. The molecule has 0 heterocycles. The molecule has 0 fully saturated rings. The summed E-state index contributed by atoms with van der Waals surface area (Å²) < 4.78 is 0. The number of hydrogen-bond donors (Lipinski definition) is 1. The lowest BCUT2D eigenvalue weighted by molar-refractivity contribution is -0.133. The number of rotatable bonds is 3. The number of carbonyl (C=O) groups is 1. The van der Waals surface area contributed by atoms with E-state index in [4.69, 9.17) is 5.11 Å². The number of aliphatic carboxylic acids is 1. The van der Waals surface area contributed by atoms with Crippen molar-refractivity contribution in [2.24, 2.45) is 0 Å². The number of fused-ring (bicyclic) bond motifs is 1. The van der Waals surface area contributed by atoms with Gasteiger partial charge in [-0.1, -0.05) is 17.7 Å². The molecule has 3 heteroatoms. The Labute approximate surface area is 106 Å². The first-order chi connectivity index (χ1) is 8.08. The fourth-order valence-corrected chi connectivity index (χ4v) is 3.69. The van der Waals surface area contributed by atoms with Gasteiger partial charge in [-0.3, -0.25) is 4.79 Å². The summed E-state index contributed by atoms with van der Waals surface area (Å²) in [7, 11) is 0. The first-order valence-electron chi connectivity index (χ1n) is 6.01. The largest absolute Gasteiger partial charge is 0.481 e. The monoisotopic (exact) mass is 250 g/mol. The molecule has 1 atom stereocenters. The van der Waals surface area contributed by atoms with Gasteiger partial charge in [0.25, 0.3) is 0 Å². The Morgan fingerprint density at radius 3 is 2.94 bits per heavy atom. The van der Waals surface area contributed by atoms with E-state index in [-0.39, 0.29) is 5.75 Å². The van der Waals surface area contributed by atoms with E-state index in [9.17, 15) is 4.79 Å². The van der Waals surface area contributed by atoms with E-state index in [2.05, 4.69) is 26.0 Å². The molecule has 0 saturated heterocycles. The van der Waals surface area contributed by atoms with Crippen molar-refractivity contribution in [3.05, 3.63) is 34.4 Å². The van der Waals surface area contributed by atoms with E-state index < -0.39 is 5.97 Å². The average Bonchev–Trinajstić information content (AvgIpc) is 2.26. The number of benzene rings is 1. The van der Waals surface area contributed by atoms with Gasteiger partial charge in [-0.15, -0.1) is 11.8 Å². The van der Waals surface area contributed by atoms with Gasteiger partial charge in [-0.05, 0) is 49.8 Å². The second-order valence-electron chi connectivity index (χ2n) is 4.74. The summed E-state index contributed by atoms with van der Waals surface area (Å²) in [5, 5.41) is 9.15. The van der Waals surface area contributed by atoms with E-state index in [0.717, 1.165) is 12.8 Å². The SMILES string of the molecule is Cc1cc(C)c2c(c1)C(SCC(=O)O)CCC2. The van der Waals surface area contributed by atoms with Crippen LogP contribution >= 0.6 is 11.8 Å². The molecule has 17 heavy (non-hydrogen) atoms.